The van der Waals surface area contributed by atoms with Gasteiger partial charge in [-0.25, -0.2) is 17.9 Å². The highest BCUT2D eigenvalue weighted by Crippen LogP contribution is 2.22. The lowest BCUT2D eigenvalue weighted by Gasteiger charge is -2.14. The van der Waals surface area contributed by atoms with Crippen molar-refractivity contribution in [1.82, 2.24) is 4.72 Å². The summed E-state index contributed by atoms with van der Waals surface area (Å²) in [5.41, 5.74) is -0.179. The monoisotopic (exact) mass is 315 g/mol. The van der Waals surface area contributed by atoms with Crippen molar-refractivity contribution in [2.24, 2.45) is 0 Å². The number of phenols is 1. The lowest BCUT2D eigenvalue weighted by Crippen LogP contribution is -2.32. The zero-order chi connectivity index (χ0) is 16.0. The van der Waals surface area contributed by atoms with Gasteiger partial charge in [0.15, 0.2) is 0 Å². The second-order valence-electron chi connectivity index (χ2n) is 4.84. The molecule has 0 amide bonds. The predicted octanol–water partition coefficient (Wildman–Crippen LogP) is 2.04. The number of unbranched alkanes of at least 4 members (excludes halogenated alkanes) is 1. The molecular weight excluding hydrogens is 294 g/mol. The molecule has 1 unspecified atom stereocenters. The number of aromatic hydroxyl groups is 1. The van der Waals surface area contributed by atoms with Crippen LogP contribution in [0.15, 0.2) is 23.1 Å². The molecule has 21 heavy (non-hydrogen) atoms. The molecule has 1 aromatic rings. The van der Waals surface area contributed by atoms with Gasteiger partial charge in [0.1, 0.15) is 11.3 Å². The van der Waals surface area contributed by atoms with Crippen molar-refractivity contribution in [1.29, 1.82) is 0 Å². The Balaban J connectivity index is 3.01. The third-order valence-corrected chi connectivity index (χ3v) is 4.62. The van der Waals surface area contributed by atoms with Gasteiger partial charge in [-0.3, -0.25) is 0 Å². The van der Waals surface area contributed by atoms with Crippen molar-refractivity contribution in [3.63, 3.8) is 0 Å². The van der Waals surface area contributed by atoms with Gasteiger partial charge in [0.05, 0.1) is 12.0 Å². The molecule has 0 radical (unpaired) electrons. The number of esters is 1. The van der Waals surface area contributed by atoms with Crippen LogP contribution in [0.25, 0.3) is 0 Å². The number of sulfonamides is 1. The van der Waals surface area contributed by atoms with Crippen LogP contribution in [-0.4, -0.2) is 32.6 Å². The van der Waals surface area contributed by atoms with Crippen LogP contribution in [0, 0.1) is 0 Å². The second-order valence-corrected chi connectivity index (χ2v) is 6.55. The first kappa shape index (κ1) is 17.5. The smallest absolute Gasteiger partial charge is 0.341 e. The van der Waals surface area contributed by atoms with E-state index in [-0.39, 0.29) is 22.3 Å². The molecule has 0 aromatic heterocycles. The highest BCUT2D eigenvalue weighted by Gasteiger charge is 2.21. The van der Waals surface area contributed by atoms with Gasteiger partial charge in [0, 0.05) is 6.04 Å². The molecule has 0 saturated heterocycles. The van der Waals surface area contributed by atoms with Crippen LogP contribution < -0.4 is 4.72 Å². The van der Waals surface area contributed by atoms with E-state index in [0.29, 0.717) is 0 Å². The van der Waals surface area contributed by atoms with Crippen LogP contribution in [0.4, 0.5) is 0 Å². The van der Waals surface area contributed by atoms with Crippen molar-refractivity contribution >= 4 is 16.0 Å². The molecule has 0 fully saturated rings. The van der Waals surface area contributed by atoms with Crippen LogP contribution in [0.1, 0.15) is 43.5 Å². The standard InChI is InChI=1S/C14H21NO5S/c1-4-5-6-10(2)15-21(18,19)11-7-8-13(16)12(9-11)14(17)20-3/h7-10,15-16H,4-6H2,1-3H3. The van der Waals surface area contributed by atoms with Crippen LogP contribution >= 0.6 is 0 Å². The van der Waals surface area contributed by atoms with Crippen molar-refractivity contribution in [3.8, 4) is 5.75 Å². The molecule has 0 aliphatic rings. The van der Waals surface area contributed by atoms with Gasteiger partial charge >= 0.3 is 5.97 Å². The summed E-state index contributed by atoms with van der Waals surface area (Å²) in [6, 6.07) is 3.31. The van der Waals surface area contributed by atoms with Crippen LogP contribution in [0.3, 0.4) is 0 Å². The number of ether oxygens (including phenoxy) is 1. The van der Waals surface area contributed by atoms with Gasteiger partial charge in [-0.1, -0.05) is 19.8 Å². The SMILES string of the molecule is CCCCC(C)NS(=O)(=O)c1ccc(O)c(C(=O)OC)c1. The molecule has 0 bridgehead atoms. The summed E-state index contributed by atoms with van der Waals surface area (Å²) < 4.78 is 31.5. The number of carbonyl (C=O) groups excluding carboxylic acids is 1. The van der Waals surface area contributed by atoms with Gasteiger partial charge in [-0.15, -0.1) is 0 Å². The molecule has 0 saturated carbocycles. The van der Waals surface area contributed by atoms with Gasteiger partial charge in [-0.05, 0) is 31.5 Å². The fraction of sp³-hybridized carbons (Fsp3) is 0.500. The average molecular weight is 315 g/mol. The minimum absolute atomic E-state index is 0.0796. The Morgan fingerprint density at radius 2 is 2.10 bits per heavy atom. The lowest BCUT2D eigenvalue weighted by atomic mass is 10.2. The van der Waals surface area contributed by atoms with Crippen LogP contribution in [-0.2, 0) is 14.8 Å². The maximum absolute atomic E-state index is 12.2. The Bertz CT molecular complexity index is 597. The average Bonchev–Trinajstić information content (AvgIpc) is 2.44. The summed E-state index contributed by atoms with van der Waals surface area (Å²) >= 11 is 0. The molecule has 1 aromatic carbocycles. The maximum Gasteiger partial charge on any atom is 0.341 e. The number of hydrogen-bond donors (Lipinski definition) is 2. The number of carbonyl (C=O) groups is 1. The Hall–Kier alpha value is -1.60. The largest absolute Gasteiger partial charge is 0.507 e. The number of rotatable bonds is 7. The van der Waals surface area contributed by atoms with E-state index in [1.807, 2.05) is 6.92 Å². The normalized spacial score (nSPS) is 12.9. The van der Waals surface area contributed by atoms with E-state index in [1.165, 1.54) is 6.07 Å². The van der Waals surface area contributed by atoms with Crippen molar-refractivity contribution < 1.29 is 23.1 Å². The summed E-state index contributed by atoms with van der Waals surface area (Å²) in [4.78, 5) is 11.4. The minimum Gasteiger partial charge on any atom is -0.507 e. The van der Waals surface area contributed by atoms with Gasteiger partial charge < -0.3 is 9.84 Å². The molecule has 7 heteroatoms. The maximum atomic E-state index is 12.2. The Labute approximate surface area is 125 Å². The summed E-state index contributed by atoms with van der Waals surface area (Å²) in [6.45, 7) is 3.82. The van der Waals surface area contributed by atoms with Gasteiger partial charge in [-0.2, -0.15) is 0 Å². The summed E-state index contributed by atoms with van der Waals surface area (Å²) in [7, 11) is -2.58. The highest BCUT2D eigenvalue weighted by atomic mass is 32.2. The Morgan fingerprint density at radius 3 is 2.67 bits per heavy atom. The lowest BCUT2D eigenvalue weighted by molar-refractivity contribution is 0.0597. The number of hydrogen-bond acceptors (Lipinski definition) is 5. The Morgan fingerprint density at radius 1 is 1.43 bits per heavy atom. The fourth-order valence-electron chi connectivity index (χ4n) is 1.86. The zero-order valence-electron chi connectivity index (χ0n) is 12.4. The highest BCUT2D eigenvalue weighted by molar-refractivity contribution is 7.89. The first-order valence-electron chi connectivity index (χ1n) is 6.75. The molecule has 1 atom stereocenters. The first-order valence-corrected chi connectivity index (χ1v) is 8.23. The van der Waals surface area contributed by atoms with Gasteiger partial charge in [0.2, 0.25) is 10.0 Å². The third kappa shape index (κ3) is 4.71. The molecule has 0 heterocycles. The van der Waals surface area contributed by atoms with Crippen molar-refractivity contribution in [2.75, 3.05) is 7.11 Å². The van der Waals surface area contributed by atoms with E-state index in [1.54, 1.807) is 6.92 Å². The summed E-state index contributed by atoms with van der Waals surface area (Å²) in [5, 5.41) is 9.58. The predicted molar refractivity (Wildman–Crippen MR) is 78.8 cm³/mol. The van der Waals surface area contributed by atoms with Gasteiger partial charge in [0.25, 0.3) is 0 Å². The molecule has 2 N–H and O–H groups in total. The molecule has 0 spiro atoms. The number of phenolic OH excluding ortho intramolecular Hbond substituents is 1. The molecule has 1 rings (SSSR count). The second kappa shape index (κ2) is 7.42. The minimum atomic E-state index is -3.74. The van der Waals surface area contributed by atoms with Crippen molar-refractivity contribution in [2.45, 2.75) is 44.0 Å². The zero-order valence-corrected chi connectivity index (χ0v) is 13.2. The molecule has 118 valence electrons. The number of methoxy groups -OCH3 is 1. The van der Waals surface area contributed by atoms with E-state index in [2.05, 4.69) is 9.46 Å². The van der Waals surface area contributed by atoms with E-state index in [0.717, 1.165) is 38.5 Å². The van der Waals surface area contributed by atoms with Crippen LogP contribution in [0.2, 0.25) is 0 Å². The third-order valence-electron chi connectivity index (χ3n) is 3.03. The van der Waals surface area contributed by atoms with E-state index in [9.17, 15) is 18.3 Å². The molecule has 6 nitrogen and oxygen atoms in total. The van der Waals surface area contributed by atoms with E-state index < -0.39 is 16.0 Å². The van der Waals surface area contributed by atoms with Crippen molar-refractivity contribution in [3.05, 3.63) is 23.8 Å². The molecular formula is C14H21NO5S. The Kier molecular flexibility index (Phi) is 6.17. The van der Waals surface area contributed by atoms with Crippen LogP contribution in [0.5, 0.6) is 5.75 Å². The molecule has 0 aliphatic heterocycles. The van der Waals surface area contributed by atoms with E-state index >= 15 is 0 Å². The topological polar surface area (TPSA) is 92.7 Å². The quantitative estimate of drug-likeness (QED) is 0.751. The summed E-state index contributed by atoms with van der Waals surface area (Å²) in [5.74, 6) is -1.11. The first-order chi connectivity index (χ1) is 9.81. The summed E-state index contributed by atoms with van der Waals surface area (Å²) in [6.07, 6.45) is 2.64. The molecule has 0 aliphatic carbocycles. The van der Waals surface area contributed by atoms with E-state index in [4.69, 9.17) is 0 Å². The number of benzene rings is 1. The number of nitrogens with one attached hydrogen (secondary N) is 1. The fourth-order valence-corrected chi connectivity index (χ4v) is 3.16.